The minimum Gasteiger partial charge on any atom is -0.309 e. The van der Waals surface area contributed by atoms with E-state index in [0.717, 1.165) is 18.8 Å². The van der Waals surface area contributed by atoms with E-state index in [1.807, 2.05) is 11.3 Å². The van der Waals surface area contributed by atoms with Crippen molar-refractivity contribution in [2.45, 2.75) is 59.5 Å². The highest BCUT2D eigenvalue weighted by molar-refractivity contribution is 7.10. The minimum absolute atomic E-state index is 0.158. The van der Waals surface area contributed by atoms with Crippen LogP contribution in [0.25, 0.3) is 0 Å². The van der Waals surface area contributed by atoms with Crippen LogP contribution in [0.4, 0.5) is 0 Å². The maximum atomic E-state index is 4.62. The number of hydrogen-bond donors (Lipinski definition) is 1. The maximum absolute atomic E-state index is 4.62. The lowest BCUT2D eigenvalue weighted by Crippen LogP contribution is -2.34. The highest BCUT2D eigenvalue weighted by atomic mass is 32.1. The predicted molar refractivity (Wildman–Crippen MR) is 91.1 cm³/mol. The SMILES string of the molecule is CCn1nc(C)c(C(C)NCC(C)(C)c2cccs2)c1C. The Morgan fingerprint density at radius 3 is 2.62 bits per heavy atom. The quantitative estimate of drug-likeness (QED) is 0.866. The average Bonchev–Trinajstić information content (AvgIpc) is 3.05. The minimum atomic E-state index is 0.158. The monoisotopic (exact) mass is 305 g/mol. The molecule has 0 aliphatic heterocycles. The molecule has 0 amide bonds. The van der Waals surface area contributed by atoms with E-state index in [-0.39, 0.29) is 5.41 Å². The summed E-state index contributed by atoms with van der Waals surface area (Å²) in [6, 6.07) is 4.68. The van der Waals surface area contributed by atoms with Crippen LogP contribution in [0.2, 0.25) is 0 Å². The van der Waals surface area contributed by atoms with Crippen LogP contribution in [-0.4, -0.2) is 16.3 Å². The third-order valence-corrected chi connectivity index (χ3v) is 5.44. The van der Waals surface area contributed by atoms with Crippen molar-refractivity contribution in [1.82, 2.24) is 15.1 Å². The molecule has 0 spiro atoms. The molecule has 0 fully saturated rings. The molecule has 0 aliphatic carbocycles. The molecule has 0 radical (unpaired) electrons. The van der Waals surface area contributed by atoms with Crippen LogP contribution in [-0.2, 0) is 12.0 Å². The molecule has 4 heteroatoms. The Morgan fingerprint density at radius 1 is 1.38 bits per heavy atom. The zero-order valence-corrected chi connectivity index (χ0v) is 14.8. The number of aromatic nitrogens is 2. The predicted octanol–water partition coefficient (Wildman–Crippen LogP) is 4.21. The van der Waals surface area contributed by atoms with Crippen LogP contribution < -0.4 is 5.32 Å². The van der Waals surface area contributed by atoms with Crippen molar-refractivity contribution in [2.75, 3.05) is 6.54 Å². The third kappa shape index (κ3) is 3.38. The molecule has 0 saturated carbocycles. The lowest BCUT2D eigenvalue weighted by Gasteiger charge is -2.26. The summed E-state index contributed by atoms with van der Waals surface area (Å²) in [4.78, 5) is 1.43. The van der Waals surface area contributed by atoms with Crippen molar-refractivity contribution < 1.29 is 0 Å². The molecular formula is C17H27N3S. The Bertz CT molecular complexity index is 581. The zero-order chi connectivity index (χ0) is 15.6. The van der Waals surface area contributed by atoms with E-state index in [9.17, 15) is 0 Å². The normalized spacial score (nSPS) is 13.6. The van der Waals surface area contributed by atoms with Gasteiger partial charge in [0.2, 0.25) is 0 Å². The van der Waals surface area contributed by atoms with Gasteiger partial charge >= 0.3 is 0 Å². The Kier molecular flexibility index (Phi) is 4.89. The second-order valence-electron chi connectivity index (χ2n) is 6.36. The van der Waals surface area contributed by atoms with Crippen molar-refractivity contribution >= 4 is 11.3 Å². The van der Waals surface area contributed by atoms with E-state index in [1.165, 1.54) is 16.1 Å². The molecule has 0 aromatic carbocycles. The molecule has 116 valence electrons. The van der Waals surface area contributed by atoms with E-state index in [1.54, 1.807) is 0 Å². The fourth-order valence-corrected chi connectivity index (χ4v) is 3.76. The van der Waals surface area contributed by atoms with Crippen molar-refractivity contribution in [2.24, 2.45) is 0 Å². The van der Waals surface area contributed by atoms with Crippen LogP contribution >= 0.6 is 11.3 Å². The molecular weight excluding hydrogens is 278 g/mol. The van der Waals surface area contributed by atoms with E-state index in [2.05, 4.69) is 74.2 Å². The van der Waals surface area contributed by atoms with E-state index in [4.69, 9.17) is 0 Å². The fraction of sp³-hybridized carbons (Fsp3) is 0.588. The highest BCUT2D eigenvalue weighted by Gasteiger charge is 2.24. The summed E-state index contributed by atoms with van der Waals surface area (Å²) >= 11 is 1.83. The first-order chi connectivity index (χ1) is 9.86. The molecule has 21 heavy (non-hydrogen) atoms. The summed E-state index contributed by atoms with van der Waals surface area (Å²) in [5.41, 5.74) is 3.93. The van der Waals surface area contributed by atoms with Gasteiger partial charge in [0.15, 0.2) is 0 Å². The Balaban J connectivity index is 2.09. The Morgan fingerprint density at radius 2 is 2.10 bits per heavy atom. The first-order valence-corrected chi connectivity index (χ1v) is 8.56. The number of rotatable bonds is 6. The van der Waals surface area contributed by atoms with Crippen molar-refractivity contribution in [3.05, 3.63) is 39.3 Å². The lowest BCUT2D eigenvalue weighted by atomic mass is 9.91. The second-order valence-corrected chi connectivity index (χ2v) is 7.31. The molecule has 1 unspecified atom stereocenters. The van der Waals surface area contributed by atoms with Gasteiger partial charge in [0, 0.05) is 40.7 Å². The number of hydrogen-bond acceptors (Lipinski definition) is 3. The fourth-order valence-electron chi connectivity index (χ4n) is 2.91. The van der Waals surface area contributed by atoms with Gasteiger partial charge in [-0.15, -0.1) is 11.3 Å². The van der Waals surface area contributed by atoms with Gasteiger partial charge in [-0.3, -0.25) is 4.68 Å². The van der Waals surface area contributed by atoms with Gasteiger partial charge in [-0.1, -0.05) is 19.9 Å². The van der Waals surface area contributed by atoms with Crippen LogP contribution in [0.5, 0.6) is 0 Å². The summed E-state index contributed by atoms with van der Waals surface area (Å²) in [5, 5.41) is 10.5. The van der Waals surface area contributed by atoms with Gasteiger partial charge in [-0.05, 0) is 39.1 Å². The number of nitrogens with zero attached hydrogens (tertiary/aromatic N) is 2. The smallest absolute Gasteiger partial charge is 0.0644 e. The molecule has 1 atom stereocenters. The molecule has 2 heterocycles. The lowest BCUT2D eigenvalue weighted by molar-refractivity contribution is 0.439. The molecule has 3 nitrogen and oxygen atoms in total. The van der Waals surface area contributed by atoms with Gasteiger partial charge in [0.1, 0.15) is 0 Å². The molecule has 1 N–H and O–H groups in total. The molecule has 0 bridgehead atoms. The average molecular weight is 305 g/mol. The van der Waals surface area contributed by atoms with Crippen LogP contribution in [0, 0.1) is 13.8 Å². The van der Waals surface area contributed by atoms with E-state index in [0.29, 0.717) is 6.04 Å². The molecule has 2 rings (SSSR count). The topological polar surface area (TPSA) is 29.9 Å². The van der Waals surface area contributed by atoms with E-state index >= 15 is 0 Å². The first kappa shape index (κ1) is 16.2. The number of nitrogens with one attached hydrogen (secondary N) is 1. The molecule has 0 saturated heterocycles. The molecule has 2 aromatic heterocycles. The Labute approximate surface area is 132 Å². The summed E-state index contributed by atoms with van der Waals surface area (Å²) in [5.74, 6) is 0. The van der Waals surface area contributed by atoms with E-state index < -0.39 is 0 Å². The standard InChI is InChI=1S/C17H27N3S/c1-7-20-14(4)16(13(3)19-20)12(2)18-11-17(5,6)15-9-8-10-21-15/h8-10,12,18H,7,11H2,1-6H3. The Hall–Kier alpha value is -1.13. The largest absolute Gasteiger partial charge is 0.309 e. The highest BCUT2D eigenvalue weighted by Crippen LogP contribution is 2.28. The van der Waals surface area contributed by atoms with Crippen LogP contribution in [0.3, 0.4) is 0 Å². The van der Waals surface area contributed by atoms with Crippen molar-refractivity contribution in [3.63, 3.8) is 0 Å². The summed E-state index contributed by atoms with van der Waals surface area (Å²) in [7, 11) is 0. The molecule has 2 aromatic rings. The first-order valence-electron chi connectivity index (χ1n) is 7.68. The summed E-state index contributed by atoms with van der Waals surface area (Å²) in [6.07, 6.45) is 0. The zero-order valence-electron chi connectivity index (χ0n) is 14.0. The van der Waals surface area contributed by atoms with Gasteiger partial charge in [-0.2, -0.15) is 5.10 Å². The van der Waals surface area contributed by atoms with Gasteiger partial charge in [0.05, 0.1) is 5.69 Å². The molecule has 0 aliphatic rings. The second kappa shape index (κ2) is 6.32. The van der Waals surface area contributed by atoms with Gasteiger partial charge in [-0.25, -0.2) is 0 Å². The van der Waals surface area contributed by atoms with Crippen LogP contribution in [0.15, 0.2) is 17.5 Å². The van der Waals surface area contributed by atoms with Crippen molar-refractivity contribution in [3.8, 4) is 0 Å². The number of thiophene rings is 1. The van der Waals surface area contributed by atoms with Gasteiger partial charge < -0.3 is 5.32 Å². The summed E-state index contributed by atoms with van der Waals surface area (Å²) < 4.78 is 2.09. The maximum Gasteiger partial charge on any atom is 0.0644 e. The third-order valence-electron chi connectivity index (χ3n) is 4.21. The van der Waals surface area contributed by atoms with Gasteiger partial charge in [0.25, 0.3) is 0 Å². The van der Waals surface area contributed by atoms with Crippen LogP contribution in [0.1, 0.15) is 55.6 Å². The summed E-state index contributed by atoms with van der Waals surface area (Å²) in [6.45, 7) is 15.1. The van der Waals surface area contributed by atoms with Crippen molar-refractivity contribution in [1.29, 1.82) is 0 Å². The number of aryl methyl sites for hydroxylation is 2.